The SMILES string of the molecule is Cl.Cl.NCCCC[C@H](NC(=O)[C@H](Cc1ccccc1)NC(=O)[C@@H]1CCC(=O)N1)C(=O)Nc1ccc([N+](=O)[O-])cc1. The van der Waals surface area contributed by atoms with Crippen LogP contribution >= 0.6 is 24.8 Å². The Morgan fingerprint density at radius 3 is 2.23 bits per heavy atom. The molecule has 0 spiro atoms. The summed E-state index contributed by atoms with van der Waals surface area (Å²) in [4.78, 5) is 61.2. The molecule has 2 aromatic carbocycles. The number of nitro groups is 1. The van der Waals surface area contributed by atoms with Crippen LogP contribution in [-0.2, 0) is 25.6 Å². The van der Waals surface area contributed by atoms with Crippen LogP contribution in [0.15, 0.2) is 54.6 Å². The molecular formula is C26H34Cl2N6O6. The average Bonchev–Trinajstić information content (AvgIpc) is 3.35. The molecule has 218 valence electrons. The second-order valence-electron chi connectivity index (χ2n) is 9.05. The van der Waals surface area contributed by atoms with Gasteiger partial charge in [0.25, 0.3) is 5.69 Å². The van der Waals surface area contributed by atoms with E-state index < -0.39 is 40.8 Å². The number of nitrogens with one attached hydrogen (secondary N) is 4. The number of carbonyl (C=O) groups is 4. The number of nitro benzene ring substituents is 1. The number of hydrogen-bond donors (Lipinski definition) is 5. The fourth-order valence-corrected chi connectivity index (χ4v) is 4.07. The van der Waals surface area contributed by atoms with Crippen molar-refractivity contribution in [2.45, 2.75) is 56.7 Å². The van der Waals surface area contributed by atoms with Crippen LogP contribution in [0.5, 0.6) is 0 Å². The third-order valence-corrected chi connectivity index (χ3v) is 6.15. The van der Waals surface area contributed by atoms with Crippen LogP contribution in [0, 0.1) is 10.1 Å². The molecule has 12 nitrogen and oxygen atoms in total. The number of carbonyl (C=O) groups excluding carboxylic acids is 4. The highest BCUT2D eigenvalue weighted by atomic mass is 35.5. The topological polar surface area (TPSA) is 186 Å². The summed E-state index contributed by atoms with van der Waals surface area (Å²) < 4.78 is 0. The molecule has 0 radical (unpaired) electrons. The van der Waals surface area contributed by atoms with Crippen LogP contribution in [0.3, 0.4) is 0 Å². The van der Waals surface area contributed by atoms with Gasteiger partial charge in [-0.15, -0.1) is 24.8 Å². The highest BCUT2D eigenvalue weighted by Crippen LogP contribution is 2.16. The molecule has 1 aliphatic heterocycles. The van der Waals surface area contributed by atoms with Crippen molar-refractivity contribution in [2.24, 2.45) is 5.73 Å². The molecular weight excluding hydrogens is 563 g/mol. The summed E-state index contributed by atoms with van der Waals surface area (Å²) >= 11 is 0. The Morgan fingerprint density at radius 1 is 0.975 bits per heavy atom. The molecule has 3 rings (SSSR count). The largest absolute Gasteiger partial charge is 0.344 e. The number of nitrogens with two attached hydrogens (primary N) is 1. The highest BCUT2D eigenvalue weighted by molar-refractivity contribution is 5.99. The number of hydrogen-bond acceptors (Lipinski definition) is 7. The summed E-state index contributed by atoms with van der Waals surface area (Å²) in [5.41, 5.74) is 6.62. The minimum absolute atomic E-state index is 0. The van der Waals surface area contributed by atoms with Gasteiger partial charge in [-0.05, 0) is 49.9 Å². The summed E-state index contributed by atoms with van der Waals surface area (Å²) in [6.07, 6.45) is 2.26. The standard InChI is InChI=1S/C26H32N6O6.2ClH/c27-15-5-4-8-20(24(34)28-18-9-11-19(12-10-18)32(37)38)30-26(36)22(16-17-6-2-1-3-7-17)31-25(35)21-13-14-23(33)29-21;;/h1-3,6-7,9-12,20-22H,4-5,8,13-16,27H2,(H,28,34)(H,29,33)(H,30,36)(H,31,35);2*1H/t20-,21-,22-;;/m0../s1. The summed E-state index contributed by atoms with van der Waals surface area (Å²) in [5, 5.41) is 21.6. The van der Waals surface area contributed by atoms with Crippen molar-refractivity contribution in [2.75, 3.05) is 11.9 Å². The Hall–Kier alpha value is -3.74. The lowest BCUT2D eigenvalue weighted by atomic mass is 10.0. The molecule has 4 amide bonds. The van der Waals surface area contributed by atoms with Crippen molar-refractivity contribution in [1.82, 2.24) is 16.0 Å². The number of benzene rings is 2. The van der Waals surface area contributed by atoms with Gasteiger partial charge in [-0.25, -0.2) is 0 Å². The third kappa shape index (κ3) is 10.4. The van der Waals surface area contributed by atoms with Crippen molar-refractivity contribution in [3.8, 4) is 0 Å². The van der Waals surface area contributed by atoms with E-state index in [0.29, 0.717) is 37.9 Å². The highest BCUT2D eigenvalue weighted by Gasteiger charge is 2.32. The Labute approximate surface area is 244 Å². The van der Waals surface area contributed by atoms with Gasteiger partial charge in [-0.2, -0.15) is 0 Å². The lowest BCUT2D eigenvalue weighted by molar-refractivity contribution is -0.384. The summed E-state index contributed by atoms with van der Waals surface area (Å²) in [5.74, 6) is -1.75. The lowest BCUT2D eigenvalue weighted by Crippen LogP contribution is -2.55. The van der Waals surface area contributed by atoms with E-state index in [4.69, 9.17) is 5.73 Å². The van der Waals surface area contributed by atoms with E-state index in [-0.39, 0.29) is 49.3 Å². The zero-order valence-corrected chi connectivity index (χ0v) is 23.3. The van der Waals surface area contributed by atoms with Crippen LogP contribution in [0.4, 0.5) is 11.4 Å². The average molecular weight is 598 g/mol. The number of non-ortho nitro benzene ring substituents is 1. The van der Waals surface area contributed by atoms with E-state index in [0.717, 1.165) is 5.56 Å². The summed E-state index contributed by atoms with van der Waals surface area (Å²) in [6.45, 7) is 0.421. The number of amides is 4. The van der Waals surface area contributed by atoms with Crippen molar-refractivity contribution >= 4 is 59.8 Å². The molecule has 0 aromatic heterocycles. The van der Waals surface area contributed by atoms with Gasteiger partial charge in [0.2, 0.25) is 23.6 Å². The maximum Gasteiger partial charge on any atom is 0.269 e. The van der Waals surface area contributed by atoms with E-state index in [2.05, 4.69) is 21.3 Å². The molecule has 1 aliphatic rings. The molecule has 0 aliphatic carbocycles. The molecule has 0 saturated carbocycles. The maximum absolute atomic E-state index is 13.4. The first-order valence-corrected chi connectivity index (χ1v) is 12.5. The first kappa shape index (κ1) is 34.3. The molecule has 6 N–H and O–H groups in total. The quantitative estimate of drug-likeness (QED) is 0.133. The van der Waals surface area contributed by atoms with Crippen LogP contribution in [0.1, 0.15) is 37.7 Å². The molecule has 0 unspecified atom stereocenters. The maximum atomic E-state index is 13.4. The summed E-state index contributed by atoms with van der Waals surface area (Å²) in [7, 11) is 0. The number of rotatable bonds is 13. The van der Waals surface area contributed by atoms with Gasteiger partial charge in [0.05, 0.1) is 4.92 Å². The van der Waals surface area contributed by atoms with Gasteiger partial charge in [-0.1, -0.05) is 30.3 Å². The third-order valence-electron chi connectivity index (χ3n) is 6.15. The Balaban J connectivity index is 0.00000400. The van der Waals surface area contributed by atoms with E-state index >= 15 is 0 Å². The predicted molar refractivity (Wildman–Crippen MR) is 154 cm³/mol. The van der Waals surface area contributed by atoms with Gasteiger partial charge in [0.15, 0.2) is 0 Å². The molecule has 40 heavy (non-hydrogen) atoms. The summed E-state index contributed by atoms with van der Waals surface area (Å²) in [6, 6.07) is 11.8. The first-order valence-electron chi connectivity index (χ1n) is 12.5. The fraction of sp³-hybridized carbons (Fsp3) is 0.385. The van der Waals surface area contributed by atoms with E-state index in [1.54, 1.807) is 0 Å². The van der Waals surface area contributed by atoms with E-state index in [9.17, 15) is 29.3 Å². The zero-order chi connectivity index (χ0) is 27.5. The van der Waals surface area contributed by atoms with Crippen LogP contribution in [-0.4, -0.2) is 53.2 Å². The zero-order valence-electron chi connectivity index (χ0n) is 21.7. The fourth-order valence-electron chi connectivity index (χ4n) is 4.07. The van der Waals surface area contributed by atoms with Crippen molar-refractivity contribution in [3.05, 3.63) is 70.3 Å². The van der Waals surface area contributed by atoms with Gasteiger partial charge in [0.1, 0.15) is 18.1 Å². The minimum Gasteiger partial charge on any atom is -0.344 e. The smallest absolute Gasteiger partial charge is 0.269 e. The Bertz CT molecular complexity index is 1150. The Morgan fingerprint density at radius 2 is 1.65 bits per heavy atom. The molecule has 14 heteroatoms. The van der Waals surface area contributed by atoms with Crippen LogP contribution in [0.25, 0.3) is 0 Å². The predicted octanol–water partition coefficient (Wildman–Crippen LogP) is 2.00. The van der Waals surface area contributed by atoms with Gasteiger partial charge < -0.3 is 27.0 Å². The molecule has 2 aromatic rings. The number of nitrogens with zero attached hydrogens (tertiary/aromatic N) is 1. The van der Waals surface area contributed by atoms with E-state index in [1.165, 1.54) is 24.3 Å². The van der Waals surface area contributed by atoms with Crippen molar-refractivity contribution < 1.29 is 24.1 Å². The molecule has 1 fully saturated rings. The van der Waals surface area contributed by atoms with Gasteiger partial charge in [0, 0.05) is 30.7 Å². The molecule has 1 heterocycles. The van der Waals surface area contributed by atoms with Crippen molar-refractivity contribution in [1.29, 1.82) is 0 Å². The first-order chi connectivity index (χ1) is 18.3. The minimum atomic E-state index is -0.994. The van der Waals surface area contributed by atoms with Crippen LogP contribution in [0.2, 0.25) is 0 Å². The Kier molecular flexibility index (Phi) is 14.6. The van der Waals surface area contributed by atoms with Gasteiger partial charge in [-0.3, -0.25) is 29.3 Å². The molecule has 1 saturated heterocycles. The molecule has 0 bridgehead atoms. The lowest BCUT2D eigenvalue weighted by Gasteiger charge is -2.24. The van der Waals surface area contributed by atoms with Gasteiger partial charge >= 0.3 is 0 Å². The normalized spacial score (nSPS) is 15.3. The second kappa shape index (κ2) is 17.1. The molecule has 3 atom stereocenters. The van der Waals surface area contributed by atoms with Crippen molar-refractivity contribution in [3.63, 3.8) is 0 Å². The van der Waals surface area contributed by atoms with E-state index in [1.807, 2.05) is 30.3 Å². The monoisotopic (exact) mass is 596 g/mol. The number of anilines is 1. The number of unbranched alkanes of at least 4 members (excludes halogenated alkanes) is 1. The number of halogens is 2. The van der Waals surface area contributed by atoms with Crippen LogP contribution < -0.4 is 27.0 Å². The second-order valence-corrected chi connectivity index (χ2v) is 9.05.